The van der Waals surface area contributed by atoms with Crippen LogP contribution in [0.3, 0.4) is 0 Å². The molecule has 0 amide bonds. The van der Waals surface area contributed by atoms with Crippen LogP contribution in [0.15, 0.2) is 0 Å². The van der Waals surface area contributed by atoms with Crippen molar-refractivity contribution in [1.82, 2.24) is 6.15 Å². The molecule has 0 radical (unpaired) electrons. The number of Topliss-reactive ketones (excluding diaryl/α,β-unsaturated/α-hetero) is 1. The third kappa shape index (κ3) is 2.07. The van der Waals surface area contributed by atoms with Crippen LogP contribution in [-0.2, 0) is 4.79 Å². The zero-order valence-corrected chi connectivity index (χ0v) is 5.15. The number of hydrogen-bond acceptors (Lipinski definition) is 2. The lowest BCUT2D eigenvalue weighted by atomic mass is 10.00. The van der Waals surface area contributed by atoms with Crippen molar-refractivity contribution in [3.8, 4) is 0 Å². The highest BCUT2D eigenvalue weighted by Crippen LogP contribution is 2.12. The zero-order valence-electron chi connectivity index (χ0n) is 5.15. The number of ketones is 1. The van der Waals surface area contributed by atoms with Gasteiger partial charge >= 0.3 is 0 Å². The molecule has 1 rings (SSSR count). The second-order valence-electron chi connectivity index (χ2n) is 2.10. The van der Waals surface area contributed by atoms with E-state index < -0.39 is 0 Å². The normalized spacial score (nSPS) is 19.8. The molecular formula is C6H13NO. The number of rotatable bonds is 0. The van der Waals surface area contributed by atoms with E-state index in [4.69, 9.17) is 0 Å². The molecule has 2 heteroatoms. The summed E-state index contributed by atoms with van der Waals surface area (Å²) in [5.41, 5.74) is 0. The van der Waals surface area contributed by atoms with E-state index in [1.54, 1.807) is 0 Å². The minimum atomic E-state index is 0. The summed E-state index contributed by atoms with van der Waals surface area (Å²) in [6.07, 6.45) is 5.24. The van der Waals surface area contributed by atoms with Crippen molar-refractivity contribution in [2.24, 2.45) is 0 Å². The van der Waals surface area contributed by atoms with Gasteiger partial charge in [-0.15, -0.1) is 0 Å². The van der Waals surface area contributed by atoms with Crippen molar-refractivity contribution >= 4 is 5.78 Å². The lowest BCUT2D eigenvalue weighted by Crippen LogP contribution is -2.02. The summed E-state index contributed by atoms with van der Waals surface area (Å²) in [6, 6.07) is 0. The summed E-state index contributed by atoms with van der Waals surface area (Å²) >= 11 is 0. The van der Waals surface area contributed by atoms with E-state index in [0.717, 1.165) is 25.7 Å². The Balaban J connectivity index is 0.000000490. The molecule has 0 aromatic rings. The maximum atomic E-state index is 10.5. The van der Waals surface area contributed by atoms with Gasteiger partial charge in [-0.1, -0.05) is 6.42 Å². The number of carbonyl (C=O) groups is 1. The van der Waals surface area contributed by atoms with Crippen molar-refractivity contribution in [2.75, 3.05) is 0 Å². The summed E-state index contributed by atoms with van der Waals surface area (Å²) in [6.45, 7) is 0. The molecule has 0 atom stereocenters. The number of carbonyl (C=O) groups excluding carboxylic acids is 1. The van der Waals surface area contributed by atoms with Crippen molar-refractivity contribution in [1.29, 1.82) is 0 Å². The molecule has 3 N–H and O–H groups in total. The average molecular weight is 115 g/mol. The maximum absolute atomic E-state index is 10.5. The lowest BCUT2D eigenvalue weighted by Gasteiger charge is -2.05. The SMILES string of the molecule is N.O=C1CCCCC1. The molecule has 1 fully saturated rings. The summed E-state index contributed by atoms with van der Waals surface area (Å²) in [5, 5.41) is 0. The molecule has 1 aliphatic carbocycles. The molecule has 0 heterocycles. The summed E-state index contributed by atoms with van der Waals surface area (Å²) in [5.74, 6) is 0.464. The molecule has 1 saturated carbocycles. The van der Waals surface area contributed by atoms with Gasteiger partial charge in [0.15, 0.2) is 0 Å². The monoisotopic (exact) mass is 115 g/mol. The molecule has 1 aliphatic rings. The van der Waals surface area contributed by atoms with Crippen LogP contribution < -0.4 is 6.15 Å². The van der Waals surface area contributed by atoms with E-state index in [9.17, 15) is 4.79 Å². The Hall–Kier alpha value is -0.370. The summed E-state index contributed by atoms with van der Waals surface area (Å²) in [4.78, 5) is 10.5. The Bertz CT molecular complexity index is 72.6. The largest absolute Gasteiger partial charge is 0.344 e. The molecule has 0 aliphatic heterocycles. The Kier molecular flexibility index (Phi) is 3.44. The fourth-order valence-corrected chi connectivity index (χ4v) is 0.946. The van der Waals surface area contributed by atoms with E-state index in [2.05, 4.69) is 0 Å². The smallest absolute Gasteiger partial charge is 0.132 e. The lowest BCUT2D eigenvalue weighted by molar-refractivity contribution is -0.120. The van der Waals surface area contributed by atoms with Crippen LogP contribution in [0.4, 0.5) is 0 Å². The minimum Gasteiger partial charge on any atom is -0.344 e. The van der Waals surface area contributed by atoms with E-state index in [0.29, 0.717) is 5.78 Å². The number of hydrogen-bond donors (Lipinski definition) is 1. The first-order valence-corrected chi connectivity index (χ1v) is 2.91. The minimum absolute atomic E-state index is 0. The van der Waals surface area contributed by atoms with Crippen LogP contribution in [0.2, 0.25) is 0 Å². The molecular weight excluding hydrogens is 102 g/mol. The van der Waals surface area contributed by atoms with E-state index in [-0.39, 0.29) is 6.15 Å². The van der Waals surface area contributed by atoms with Crippen LogP contribution in [0.5, 0.6) is 0 Å². The van der Waals surface area contributed by atoms with Crippen molar-refractivity contribution in [3.63, 3.8) is 0 Å². The standard InChI is InChI=1S/C6H10O.H3N/c7-6-4-2-1-3-5-6;/h1-5H2;1H3. The van der Waals surface area contributed by atoms with E-state index in [1.807, 2.05) is 0 Å². The van der Waals surface area contributed by atoms with Gasteiger partial charge in [-0.2, -0.15) is 0 Å². The van der Waals surface area contributed by atoms with Crippen LogP contribution in [0, 0.1) is 0 Å². The predicted octanol–water partition coefficient (Wildman–Crippen LogP) is 1.68. The summed E-state index contributed by atoms with van der Waals surface area (Å²) in [7, 11) is 0. The molecule has 0 spiro atoms. The third-order valence-electron chi connectivity index (χ3n) is 1.41. The van der Waals surface area contributed by atoms with Crippen LogP contribution in [-0.4, -0.2) is 5.78 Å². The molecule has 0 aromatic heterocycles. The van der Waals surface area contributed by atoms with Gasteiger partial charge in [0.25, 0.3) is 0 Å². The second-order valence-corrected chi connectivity index (χ2v) is 2.10. The summed E-state index contributed by atoms with van der Waals surface area (Å²) < 4.78 is 0. The Morgan fingerprint density at radius 3 is 1.75 bits per heavy atom. The first kappa shape index (κ1) is 7.63. The zero-order chi connectivity index (χ0) is 5.11. The molecule has 0 aromatic carbocycles. The molecule has 0 unspecified atom stereocenters. The van der Waals surface area contributed by atoms with Gasteiger partial charge in [-0.05, 0) is 12.8 Å². The molecule has 0 saturated heterocycles. The van der Waals surface area contributed by atoms with Gasteiger partial charge < -0.3 is 6.15 Å². The van der Waals surface area contributed by atoms with Crippen LogP contribution >= 0.6 is 0 Å². The van der Waals surface area contributed by atoms with Gasteiger partial charge in [-0.25, -0.2) is 0 Å². The topological polar surface area (TPSA) is 52.1 Å². The predicted molar refractivity (Wildman–Crippen MR) is 33.1 cm³/mol. The van der Waals surface area contributed by atoms with E-state index >= 15 is 0 Å². The Morgan fingerprint density at radius 2 is 1.50 bits per heavy atom. The van der Waals surface area contributed by atoms with Gasteiger partial charge in [0, 0.05) is 12.8 Å². The van der Waals surface area contributed by atoms with Gasteiger partial charge in [0.05, 0.1) is 0 Å². The first-order chi connectivity index (χ1) is 3.39. The highest BCUT2D eigenvalue weighted by atomic mass is 16.1. The van der Waals surface area contributed by atoms with Crippen LogP contribution in [0.25, 0.3) is 0 Å². The van der Waals surface area contributed by atoms with Gasteiger partial charge in [0.2, 0.25) is 0 Å². The average Bonchev–Trinajstić information content (AvgIpc) is 1.69. The highest BCUT2D eigenvalue weighted by molar-refractivity contribution is 5.78. The van der Waals surface area contributed by atoms with Gasteiger partial charge in [-0.3, -0.25) is 4.79 Å². The second kappa shape index (κ2) is 3.61. The Labute approximate surface area is 49.9 Å². The van der Waals surface area contributed by atoms with Crippen molar-refractivity contribution in [3.05, 3.63) is 0 Å². The molecule has 2 nitrogen and oxygen atoms in total. The fourth-order valence-electron chi connectivity index (χ4n) is 0.946. The van der Waals surface area contributed by atoms with E-state index in [1.165, 1.54) is 6.42 Å². The van der Waals surface area contributed by atoms with Crippen molar-refractivity contribution in [2.45, 2.75) is 32.1 Å². The quantitative estimate of drug-likeness (QED) is 0.522. The third-order valence-corrected chi connectivity index (χ3v) is 1.41. The van der Waals surface area contributed by atoms with Crippen molar-refractivity contribution < 1.29 is 4.79 Å². The fraction of sp³-hybridized carbons (Fsp3) is 0.833. The molecule has 48 valence electrons. The molecule has 0 bridgehead atoms. The maximum Gasteiger partial charge on any atom is 0.132 e. The van der Waals surface area contributed by atoms with Gasteiger partial charge in [0.1, 0.15) is 5.78 Å². The molecule has 8 heavy (non-hydrogen) atoms. The Morgan fingerprint density at radius 1 is 1.00 bits per heavy atom. The first-order valence-electron chi connectivity index (χ1n) is 2.91. The van der Waals surface area contributed by atoms with Crippen LogP contribution in [0.1, 0.15) is 32.1 Å². The highest BCUT2D eigenvalue weighted by Gasteiger charge is 2.05.